The third-order valence-electron chi connectivity index (χ3n) is 3.73. The number of rotatable bonds is 16. The van der Waals surface area contributed by atoms with Gasteiger partial charge in [0.2, 0.25) is 6.08 Å². The van der Waals surface area contributed by atoms with Crippen LogP contribution in [0.25, 0.3) is 0 Å². The molecule has 0 aliphatic rings. The van der Waals surface area contributed by atoms with Gasteiger partial charge >= 0.3 is 5.97 Å². The van der Waals surface area contributed by atoms with Crippen molar-refractivity contribution >= 4 is 12.0 Å². The third kappa shape index (κ3) is 18.9. The van der Waals surface area contributed by atoms with Gasteiger partial charge < -0.3 is 5.11 Å². The van der Waals surface area contributed by atoms with Crippen LogP contribution in [0.5, 0.6) is 0 Å². The molecular weight excluding hydrogens is 266 g/mol. The molecule has 0 radical (unpaired) electrons. The second-order valence-electron chi connectivity index (χ2n) is 5.71. The summed E-state index contributed by atoms with van der Waals surface area (Å²) in [5, 5.41) is 8.51. The van der Waals surface area contributed by atoms with Crippen molar-refractivity contribution in [2.75, 3.05) is 6.54 Å². The van der Waals surface area contributed by atoms with Crippen molar-refractivity contribution in [2.24, 2.45) is 4.99 Å². The van der Waals surface area contributed by atoms with Gasteiger partial charge in [0.15, 0.2) is 0 Å². The Morgan fingerprint density at radius 3 is 1.48 bits per heavy atom. The maximum Gasteiger partial charge on any atom is 0.303 e. The van der Waals surface area contributed by atoms with Gasteiger partial charge in [-0.25, -0.2) is 9.79 Å². The normalized spacial score (nSPS) is 10.3. The Bertz CT molecular complexity index is 272. The van der Waals surface area contributed by atoms with Crippen LogP contribution in [0.3, 0.4) is 0 Å². The Labute approximate surface area is 129 Å². The number of nitrogens with zero attached hydrogens (tertiary/aromatic N) is 1. The number of carbonyl (C=O) groups excluding carboxylic acids is 1. The molecule has 0 saturated carbocycles. The van der Waals surface area contributed by atoms with Crippen LogP contribution in [0.15, 0.2) is 4.99 Å². The minimum Gasteiger partial charge on any atom is -0.481 e. The van der Waals surface area contributed by atoms with Crippen LogP contribution in [-0.2, 0) is 9.59 Å². The van der Waals surface area contributed by atoms with E-state index in [0.29, 0.717) is 13.0 Å². The van der Waals surface area contributed by atoms with Gasteiger partial charge in [-0.05, 0) is 12.8 Å². The SMILES string of the molecule is O=C=NCCCCCCCCCCCCCCCC(=O)O. The highest BCUT2D eigenvalue weighted by atomic mass is 16.4. The van der Waals surface area contributed by atoms with E-state index in [9.17, 15) is 9.59 Å². The van der Waals surface area contributed by atoms with Crippen molar-refractivity contribution in [1.82, 2.24) is 0 Å². The molecule has 0 saturated heterocycles. The van der Waals surface area contributed by atoms with Crippen LogP contribution >= 0.6 is 0 Å². The second kappa shape index (κ2) is 16.9. The van der Waals surface area contributed by atoms with Crippen molar-refractivity contribution in [3.8, 4) is 0 Å². The van der Waals surface area contributed by atoms with Gasteiger partial charge in [-0.2, -0.15) is 0 Å². The molecule has 0 aliphatic heterocycles. The van der Waals surface area contributed by atoms with Crippen molar-refractivity contribution in [3.05, 3.63) is 0 Å². The summed E-state index contributed by atoms with van der Waals surface area (Å²) in [7, 11) is 0. The average molecular weight is 297 g/mol. The zero-order valence-electron chi connectivity index (χ0n) is 13.3. The Hall–Kier alpha value is -1.15. The fraction of sp³-hybridized carbons (Fsp3) is 0.882. The van der Waals surface area contributed by atoms with Crippen LogP contribution < -0.4 is 0 Å². The van der Waals surface area contributed by atoms with E-state index in [4.69, 9.17) is 5.11 Å². The summed E-state index contributed by atoms with van der Waals surface area (Å²) in [4.78, 5) is 23.7. The molecule has 1 N–H and O–H groups in total. The molecule has 0 atom stereocenters. The standard InChI is InChI=1S/C17H31NO3/c19-16-18-15-13-11-9-7-5-3-1-2-4-6-8-10-12-14-17(20)21/h1-15H2,(H,20,21). The minimum absolute atomic E-state index is 0.321. The van der Waals surface area contributed by atoms with E-state index in [0.717, 1.165) is 19.3 Å². The lowest BCUT2D eigenvalue weighted by molar-refractivity contribution is -0.137. The molecule has 0 heterocycles. The second-order valence-corrected chi connectivity index (χ2v) is 5.71. The van der Waals surface area contributed by atoms with Crippen LogP contribution in [-0.4, -0.2) is 23.7 Å². The highest BCUT2D eigenvalue weighted by Gasteiger charge is 1.97. The topological polar surface area (TPSA) is 66.7 Å². The molecule has 0 aromatic rings. The van der Waals surface area contributed by atoms with Crippen LogP contribution in [0.2, 0.25) is 0 Å². The summed E-state index contributed by atoms with van der Waals surface area (Å²) in [6.45, 7) is 0.635. The molecule has 0 amide bonds. The first-order chi connectivity index (χ1) is 10.3. The lowest BCUT2D eigenvalue weighted by atomic mass is 10.0. The number of aliphatic carboxylic acids is 1. The van der Waals surface area contributed by atoms with Gasteiger partial charge in [0.05, 0.1) is 6.54 Å². The smallest absolute Gasteiger partial charge is 0.303 e. The molecule has 4 heteroatoms. The summed E-state index contributed by atoms with van der Waals surface area (Å²) >= 11 is 0. The number of carbonyl (C=O) groups is 1. The first-order valence-electron chi connectivity index (χ1n) is 8.53. The van der Waals surface area contributed by atoms with E-state index in [2.05, 4.69) is 4.99 Å². The predicted octanol–water partition coefficient (Wildman–Crippen LogP) is 4.87. The van der Waals surface area contributed by atoms with Crippen molar-refractivity contribution < 1.29 is 14.7 Å². The number of carboxylic acids is 1. The molecule has 0 aromatic carbocycles. The van der Waals surface area contributed by atoms with Crippen molar-refractivity contribution in [2.45, 2.75) is 89.9 Å². The number of unbranched alkanes of at least 4 members (excludes halogenated alkanes) is 12. The molecule has 0 aromatic heterocycles. The predicted molar refractivity (Wildman–Crippen MR) is 85.3 cm³/mol. The third-order valence-corrected chi connectivity index (χ3v) is 3.73. The number of carboxylic acid groups (broad SMARTS) is 1. The fourth-order valence-electron chi connectivity index (χ4n) is 2.46. The molecule has 0 fully saturated rings. The summed E-state index contributed by atoms with van der Waals surface area (Å²) in [5.41, 5.74) is 0. The molecule has 0 unspecified atom stereocenters. The maximum atomic E-state index is 10.3. The van der Waals surface area contributed by atoms with E-state index in [1.54, 1.807) is 6.08 Å². The van der Waals surface area contributed by atoms with Gasteiger partial charge in [-0.15, -0.1) is 0 Å². The fourth-order valence-corrected chi connectivity index (χ4v) is 2.46. The summed E-state index contributed by atoms with van der Waals surface area (Å²) in [6, 6.07) is 0. The van der Waals surface area contributed by atoms with E-state index < -0.39 is 5.97 Å². The molecule has 0 spiro atoms. The van der Waals surface area contributed by atoms with Crippen molar-refractivity contribution in [1.29, 1.82) is 0 Å². The highest BCUT2D eigenvalue weighted by Crippen LogP contribution is 2.12. The molecule has 0 rings (SSSR count). The van der Waals surface area contributed by atoms with E-state index in [-0.39, 0.29) is 0 Å². The molecule has 4 nitrogen and oxygen atoms in total. The number of hydrogen-bond acceptors (Lipinski definition) is 3. The van der Waals surface area contributed by atoms with Gasteiger partial charge in [-0.1, -0.05) is 70.6 Å². The number of isocyanates is 1. The zero-order valence-corrected chi connectivity index (χ0v) is 13.3. The van der Waals surface area contributed by atoms with E-state index in [1.165, 1.54) is 64.2 Å². The Morgan fingerprint density at radius 1 is 0.714 bits per heavy atom. The molecule has 0 aliphatic carbocycles. The van der Waals surface area contributed by atoms with Crippen LogP contribution in [0.4, 0.5) is 0 Å². The number of aliphatic imine (C=N–C) groups is 1. The Morgan fingerprint density at radius 2 is 1.10 bits per heavy atom. The Balaban J connectivity index is 2.99. The highest BCUT2D eigenvalue weighted by molar-refractivity contribution is 5.66. The minimum atomic E-state index is -0.675. The largest absolute Gasteiger partial charge is 0.481 e. The van der Waals surface area contributed by atoms with Gasteiger partial charge in [-0.3, -0.25) is 4.79 Å². The first kappa shape index (κ1) is 19.9. The summed E-state index contributed by atoms with van der Waals surface area (Å²) in [5.74, 6) is -0.675. The van der Waals surface area contributed by atoms with Crippen LogP contribution in [0.1, 0.15) is 89.9 Å². The van der Waals surface area contributed by atoms with E-state index in [1.807, 2.05) is 0 Å². The van der Waals surface area contributed by atoms with Gasteiger partial charge in [0.25, 0.3) is 0 Å². The van der Waals surface area contributed by atoms with Crippen molar-refractivity contribution in [3.63, 3.8) is 0 Å². The lowest BCUT2D eigenvalue weighted by Gasteiger charge is -2.02. The molecule has 0 bridgehead atoms. The number of hydrogen-bond donors (Lipinski definition) is 1. The average Bonchev–Trinajstić information content (AvgIpc) is 2.46. The monoisotopic (exact) mass is 297 g/mol. The lowest BCUT2D eigenvalue weighted by Crippen LogP contribution is -1.93. The van der Waals surface area contributed by atoms with Crippen LogP contribution in [0, 0.1) is 0 Å². The Kier molecular flexibility index (Phi) is 16.0. The maximum absolute atomic E-state index is 10.3. The van der Waals surface area contributed by atoms with Gasteiger partial charge in [0, 0.05) is 6.42 Å². The summed E-state index contributed by atoms with van der Waals surface area (Å²) in [6.07, 6.45) is 17.5. The molecule has 21 heavy (non-hydrogen) atoms. The summed E-state index contributed by atoms with van der Waals surface area (Å²) < 4.78 is 0. The zero-order chi connectivity index (χ0) is 15.6. The van der Waals surface area contributed by atoms with E-state index >= 15 is 0 Å². The quantitative estimate of drug-likeness (QED) is 0.251. The first-order valence-corrected chi connectivity index (χ1v) is 8.53. The van der Waals surface area contributed by atoms with Gasteiger partial charge in [0.1, 0.15) is 0 Å². The molecule has 122 valence electrons. The molecular formula is C17H31NO3.